The normalized spacial score (nSPS) is 11.6. The predicted molar refractivity (Wildman–Crippen MR) is 74.1 cm³/mol. The van der Waals surface area contributed by atoms with E-state index in [1.165, 1.54) is 26.4 Å². The lowest BCUT2D eigenvalue weighted by Crippen LogP contribution is -2.33. The number of aromatic nitrogens is 1. The highest BCUT2D eigenvalue weighted by Gasteiger charge is 2.14. The van der Waals surface area contributed by atoms with Crippen LogP contribution in [-0.2, 0) is 10.0 Å². The van der Waals surface area contributed by atoms with Gasteiger partial charge >= 0.3 is 0 Å². The zero-order valence-corrected chi connectivity index (χ0v) is 12.7. The van der Waals surface area contributed by atoms with Gasteiger partial charge in [0.05, 0.1) is 16.3 Å². The van der Waals surface area contributed by atoms with Crippen LogP contribution in [0.15, 0.2) is 12.3 Å². The molecule has 0 saturated heterocycles. The molecule has 0 bridgehead atoms. The number of nitrogens with zero attached hydrogens (tertiary/aromatic N) is 2. The Morgan fingerprint density at radius 3 is 2.58 bits per heavy atom. The second-order valence-corrected chi connectivity index (χ2v) is 6.92. The van der Waals surface area contributed by atoms with Crippen molar-refractivity contribution in [2.45, 2.75) is 0 Å². The minimum atomic E-state index is -3.34. The summed E-state index contributed by atoms with van der Waals surface area (Å²) in [5.41, 5.74) is 0.219. The average Bonchev–Trinajstić information content (AvgIpc) is 2.32. The van der Waals surface area contributed by atoms with E-state index in [0.717, 1.165) is 4.31 Å². The molecule has 0 atom stereocenters. The molecular formula is C10H13Cl2N3O3S. The van der Waals surface area contributed by atoms with Gasteiger partial charge in [-0.25, -0.2) is 17.7 Å². The number of rotatable bonds is 5. The maximum atomic E-state index is 11.7. The van der Waals surface area contributed by atoms with Crippen LogP contribution in [0.2, 0.25) is 10.2 Å². The van der Waals surface area contributed by atoms with E-state index >= 15 is 0 Å². The molecule has 1 rings (SSSR count). The number of hydrogen-bond donors (Lipinski definition) is 1. The summed E-state index contributed by atoms with van der Waals surface area (Å²) < 4.78 is 24.0. The van der Waals surface area contributed by atoms with Crippen molar-refractivity contribution in [3.8, 4) is 0 Å². The molecule has 1 aromatic heterocycles. The number of amides is 1. The van der Waals surface area contributed by atoms with E-state index < -0.39 is 15.9 Å². The van der Waals surface area contributed by atoms with Crippen molar-refractivity contribution in [1.82, 2.24) is 14.6 Å². The van der Waals surface area contributed by atoms with Crippen molar-refractivity contribution in [2.24, 2.45) is 0 Å². The summed E-state index contributed by atoms with van der Waals surface area (Å²) in [6.07, 6.45) is 1.27. The molecule has 0 fully saturated rings. The van der Waals surface area contributed by atoms with Crippen LogP contribution in [0.1, 0.15) is 10.4 Å². The molecule has 6 nitrogen and oxygen atoms in total. The lowest BCUT2D eigenvalue weighted by atomic mass is 10.3. The number of nitrogens with one attached hydrogen (secondary N) is 1. The van der Waals surface area contributed by atoms with Crippen molar-refractivity contribution in [1.29, 1.82) is 0 Å². The number of carbonyl (C=O) groups is 1. The number of hydrogen-bond acceptors (Lipinski definition) is 4. The standard InChI is InChI=1S/C10H13Cl2N3O3S/c1-15(2)19(17,18)4-3-13-10(16)7-5-8(11)9(12)14-6-7/h5-6H,3-4H2,1-2H3,(H,13,16). The lowest BCUT2D eigenvalue weighted by Gasteiger charge is -2.11. The Hall–Kier alpha value is -0.890. The van der Waals surface area contributed by atoms with Gasteiger partial charge in [-0.15, -0.1) is 0 Å². The van der Waals surface area contributed by atoms with Crippen LogP contribution in [0.5, 0.6) is 0 Å². The first-order chi connectivity index (χ1) is 8.74. The van der Waals surface area contributed by atoms with E-state index in [1.54, 1.807) is 0 Å². The number of halogens is 2. The minimum absolute atomic E-state index is 0.000405. The molecule has 0 aliphatic rings. The Bertz CT molecular complexity index is 575. The van der Waals surface area contributed by atoms with Gasteiger partial charge in [0, 0.05) is 26.8 Å². The Kier molecular flexibility index (Phi) is 5.54. The molecule has 0 radical (unpaired) electrons. The maximum Gasteiger partial charge on any atom is 0.252 e. The van der Waals surface area contributed by atoms with Gasteiger partial charge in [0.1, 0.15) is 5.15 Å². The first-order valence-corrected chi connectivity index (χ1v) is 7.60. The van der Waals surface area contributed by atoms with E-state index in [0.29, 0.717) is 0 Å². The van der Waals surface area contributed by atoms with Crippen LogP contribution in [-0.4, -0.2) is 50.0 Å². The van der Waals surface area contributed by atoms with E-state index in [1.807, 2.05) is 0 Å². The largest absolute Gasteiger partial charge is 0.351 e. The van der Waals surface area contributed by atoms with Gasteiger partial charge in [-0.05, 0) is 6.07 Å². The molecule has 0 unspecified atom stereocenters. The fourth-order valence-corrected chi connectivity index (χ4v) is 2.12. The summed E-state index contributed by atoms with van der Waals surface area (Å²) in [7, 11) is -0.474. The fourth-order valence-electron chi connectivity index (χ4n) is 1.12. The van der Waals surface area contributed by atoms with Crippen LogP contribution < -0.4 is 5.32 Å². The molecule has 1 aromatic rings. The fraction of sp³-hybridized carbons (Fsp3) is 0.400. The third-order valence-corrected chi connectivity index (χ3v) is 4.78. The zero-order chi connectivity index (χ0) is 14.6. The van der Waals surface area contributed by atoms with E-state index in [4.69, 9.17) is 23.2 Å². The first-order valence-electron chi connectivity index (χ1n) is 5.23. The Balaban J connectivity index is 2.59. The molecule has 1 N–H and O–H groups in total. The second kappa shape index (κ2) is 6.51. The van der Waals surface area contributed by atoms with Gasteiger partial charge < -0.3 is 5.32 Å². The van der Waals surface area contributed by atoms with Gasteiger partial charge in [0.2, 0.25) is 10.0 Å². The highest BCUT2D eigenvalue weighted by atomic mass is 35.5. The highest BCUT2D eigenvalue weighted by molar-refractivity contribution is 7.89. The molecule has 1 amide bonds. The zero-order valence-electron chi connectivity index (χ0n) is 10.4. The predicted octanol–water partition coefficient (Wildman–Crippen LogP) is 1.01. The Morgan fingerprint density at radius 1 is 1.42 bits per heavy atom. The van der Waals surface area contributed by atoms with Gasteiger partial charge in [-0.2, -0.15) is 0 Å². The molecule has 0 aliphatic carbocycles. The van der Waals surface area contributed by atoms with Crippen molar-refractivity contribution in [3.05, 3.63) is 28.0 Å². The quantitative estimate of drug-likeness (QED) is 0.819. The summed E-state index contributed by atoms with van der Waals surface area (Å²) >= 11 is 11.4. The smallest absolute Gasteiger partial charge is 0.252 e. The van der Waals surface area contributed by atoms with Crippen LogP contribution in [0, 0.1) is 0 Å². The topological polar surface area (TPSA) is 79.4 Å². The second-order valence-electron chi connectivity index (χ2n) is 3.85. The van der Waals surface area contributed by atoms with E-state index in [2.05, 4.69) is 10.3 Å². The molecule has 0 spiro atoms. The maximum absolute atomic E-state index is 11.7. The average molecular weight is 326 g/mol. The third kappa shape index (κ3) is 4.61. The number of pyridine rings is 1. The monoisotopic (exact) mass is 325 g/mol. The summed E-state index contributed by atoms with van der Waals surface area (Å²) in [6, 6.07) is 1.37. The van der Waals surface area contributed by atoms with Crippen LogP contribution in [0.25, 0.3) is 0 Å². The molecular weight excluding hydrogens is 313 g/mol. The van der Waals surface area contributed by atoms with Crippen LogP contribution >= 0.6 is 23.2 Å². The van der Waals surface area contributed by atoms with Gasteiger partial charge in [-0.3, -0.25) is 4.79 Å². The van der Waals surface area contributed by atoms with Crippen LogP contribution in [0.3, 0.4) is 0 Å². The molecule has 0 saturated carbocycles. The lowest BCUT2D eigenvalue weighted by molar-refractivity contribution is 0.0955. The summed E-state index contributed by atoms with van der Waals surface area (Å²) in [4.78, 5) is 15.4. The summed E-state index contributed by atoms with van der Waals surface area (Å²) in [5, 5.41) is 2.74. The molecule has 19 heavy (non-hydrogen) atoms. The van der Waals surface area contributed by atoms with Crippen molar-refractivity contribution >= 4 is 39.1 Å². The molecule has 0 aromatic carbocycles. The molecule has 0 aliphatic heterocycles. The summed E-state index contributed by atoms with van der Waals surface area (Å²) in [5.74, 6) is -0.638. The molecule has 1 heterocycles. The van der Waals surface area contributed by atoms with Gasteiger partial charge in [-0.1, -0.05) is 23.2 Å². The first kappa shape index (κ1) is 16.2. The number of sulfonamides is 1. The van der Waals surface area contributed by atoms with Gasteiger partial charge in [0.15, 0.2) is 0 Å². The van der Waals surface area contributed by atoms with E-state index in [-0.39, 0.29) is 28.0 Å². The Labute approximate surface area is 121 Å². The van der Waals surface area contributed by atoms with Crippen LogP contribution in [0.4, 0.5) is 0 Å². The summed E-state index contributed by atoms with van der Waals surface area (Å²) in [6.45, 7) is -0.000405. The third-order valence-electron chi connectivity index (χ3n) is 2.26. The molecule has 9 heteroatoms. The molecule has 106 valence electrons. The SMILES string of the molecule is CN(C)S(=O)(=O)CCNC(=O)c1cnc(Cl)c(Cl)c1. The van der Waals surface area contributed by atoms with E-state index in [9.17, 15) is 13.2 Å². The highest BCUT2D eigenvalue weighted by Crippen LogP contribution is 2.19. The van der Waals surface area contributed by atoms with Crippen molar-refractivity contribution < 1.29 is 13.2 Å². The Morgan fingerprint density at radius 2 is 2.05 bits per heavy atom. The van der Waals surface area contributed by atoms with Gasteiger partial charge in [0.25, 0.3) is 5.91 Å². The van der Waals surface area contributed by atoms with Crippen molar-refractivity contribution in [3.63, 3.8) is 0 Å². The minimum Gasteiger partial charge on any atom is -0.351 e. The van der Waals surface area contributed by atoms with Crippen molar-refractivity contribution in [2.75, 3.05) is 26.4 Å². The number of carbonyl (C=O) groups excluding carboxylic acids is 1.